The summed E-state index contributed by atoms with van der Waals surface area (Å²) in [5, 5.41) is 0.372. The topological polar surface area (TPSA) is 85.1 Å². The van der Waals surface area contributed by atoms with Crippen LogP contribution in [0.4, 0.5) is 15.9 Å². The molecule has 0 unspecified atom stereocenters. The van der Waals surface area contributed by atoms with Crippen LogP contribution >= 0.6 is 27.5 Å². The Bertz CT molecular complexity index is 753. The van der Waals surface area contributed by atoms with Crippen LogP contribution < -0.4 is 10.5 Å². The third-order valence-electron chi connectivity index (χ3n) is 2.31. The number of hydrogen-bond acceptors (Lipinski definition) is 4. The molecule has 0 aliphatic heterocycles. The van der Waals surface area contributed by atoms with Gasteiger partial charge in [0.1, 0.15) is 16.5 Å². The summed E-state index contributed by atoms with van der Waals surface area (Å²) >= 11 is 8.57. The molecule has 0 bridgehead atoms. The summed E-state index contributed by atoms with van der Waals surface area (Å²) in [5.41, 5.74) is 5.33. The first kappa shape index (κ1) is 15.0. The van der Waals surface area contributed by atoms with E-state index < -0.39 is 15.8 Å². The zero-order valence-electron chi connectivity index (χ0n) is 9.77. The largest absolute Gasteiger partial charge is 0.398 e. The number of sulfonamides is 1. The van der Waals surface area contributed by atoms with E-state index in [4.69, 9.17) is 17.3 Å². The van der Waals surface area contributed by atoms with Crippen molar-refractivity contribution in [3.05, 3.63) is 45.8 Å². The Kier molecular flexibility index (Phi) is 4.17. The maximum atomic E-state index is 13.2. The van der Waals surface area contributed by atoms with E-state index in [0.717, 1.165) is 12.1 Å². The highest BCUT2D eigenvalue weighted by molar-refractivity contribution is 9.10. The Labute approximate surface area is 128 Å². The van der Waals surface area contributed by atoms with Gasteiger partial charge in [0.15, 0.2) is 0 Å². The van der Waals surface area contributed by atoms with Gasteiger partial charge in [-0.2, -0.15) is 0 Å². The molecule has 9 heteroatoms. The van der Waals surface area contributed by atoms with Crippen molar-refractivity contribution in [2.75, 3.05) is 10.5 Å². The lowest BCUT2D eigenvalue weighted by Gasteiger charge is -2.10. The highest BCUT2D eigenvalue weighted by Crippen LogP contribution is 2.27. The van der Waals surface area contributed by atoms with Crippen molar-refractivity contribution in [2.24, 2.45) is 0 Å². The quantitative estimate of drug-likeness (QED) is 0.802. The van der Waals surface area contributed by atoms with Gasteiger partial charge in [-0.25, -0.2) is 17.8 Å². The monoisotopic (exact) mass is 379 g/mol. The summed E-state index contributed by atoms with van der Waals surface area (Å²) in [5.74, 6) is -0.569. The van der Waals surface area contributed by atoms with Crippen molar-refractivity contribution < 1.29 is 12.8 Å². The third-order valence-corrected chi connectivity index (χ3v) is 4.55. The molecule has 0 amide bonds. The van der Waals surface area contributed by atoms with Gasteiger partial charge in [-0.15, -0.1) is 0 Å². The minimum Gasteiger partial charge on any atom is -0.398 e. The summed E-state index contributed by atoms with van der Waals surface area (Å²) in [6.45, 7) is 0. The number of nitrogens with one attached hydrogen (secondary N) is 1. The Balaban J connectivity index is 2.40. The number of pyridine rings is 1. The first-order valence-electron chi connectivity index (χ1n) is 5.18. The van der Waals surface area contributed by atoms with Gasteiger partial charge in [0.25, 0.3) is 10.0 Å². The van der Waals surface area contributed by atoms with Crippen LogP contribution in [0.1, 0.15) is 0 Å². The summed E-state index contributed by atoms with van der Waals surface area (Å²) < 4.78 is 39.8. The first-order valence-corrected chi connectivity index (χ1v) is 7.84. The minimum absolute atomic E-state index is 0.00357. The van der Waals surface area contributed by atoms with Crippen molar-refractivity contribution in [1.29, 1.82) is 0 Å². The molecule has 0 aliphatic carbocycles. The van der Waals surface area contributed by atoms with Crippen LogP contribution in [-0.2, 0) is 10.0 Å². The second-order valence-electron chi connectivity index (χ2n) is 3.77. The standard InChI is InChI=1S/C11H8BrClFN3O2S/c12-7-3-10(9(15)4-8(7)14)20(18,19)17-11-2-1-6(13)5-16-11/h1-5H,15H2,(H,16,17). The van der Waals surface area contributed by atoms with Gasteiger partial charge in [0, 0.05) is 6.20 Å². The molecule has 0 saturated carbocycles. The van der Waals surface area contributed by atoms with Gasteiger partial charge >= 0.3 is 0 Å². The molecule has 106 valence electrons. The van der Waals surface area contributed by atoms with E-state index >= 15 is 0 Å². The fraction of sp³-hybridized carbons (Fsp3) is 0. The molecular weight excluding hydrogens is 373 g/mol. The second kappa shape index (κ2) is 5.55. The molecule has 0 atom stereocenters. The molecule has 2 rings (SSSR count). The lowest BCUT2D eigenvalue weighted by molar-refractivity contribution is 0.599. The lowest BCUT2D eigenvalue weighted by atomic mass is 10.3. The zero-order chi connectivity index (χ0) is 14.9. The normalized spacial score (nSPS) is 11.3. The van der Waals surface area contributed by atoms with Crippen LogP contribution in [0.3, 0.4) is 0 Å². The van der Waals surface area contributed by atoms with Crippen LogP contribution in [0.5, 0.6) is 0 Å². The number of halogens is 3. The summed E-state index contributed by atoms with van der Waals surface area (Å²) in [6, 6.07) is 4.89. The van der Waals surface area contributed by atoms with E-state index in [2.05, 4.69) is 25.6 Å². The molecule has 0 spiro atoms. The van der Waals surface area contributed by atoms with E-state index in [9.17, 15) is 12.8 Å². The maximum absolute atomic E-state index is 13.2. The molecule has 1 aromatic carbocycles. The van der Waals surface area contributed by atoms with Crippen molar-refractivity contribution in [3.8, 4) is 0 Å². The molecule has 20 heavy (non-hydrogen) atoms. The average Bonchev–Trinajstić information content (AvgIpc) is 2.36. The van der Waals surface area contributed by atoms with E-state index in [1.54, 1.807) is 0 Å². The molecule has 0 radical (unpaired) electrons. The van der Waals surface area contributed by atoms with Gasteiger partial charge in [-0.1, -0.05) is 11.6 Å². The fourth-order valence-corrected chi connectivity index (χ4v) is 3.16. The lowest BCUT2D eigenvalue weighted by Crippen LogP contribution is -2.16. The molecule has 5 nitrogen and oxygen atoms in total. The number of benzene rings is 1. The molecule has 3 N–H and O–H groups in total. The Morgan fingerprint density at radius 3 is 2.65 bits per heavy atom. The zero-order valence-corrected chi connectivity index (χ0v) is 12.9. The maximum Gasteiger partial charge on any atom is 0.265 e. The Hall–Kier alpha value is -1.38. The molecule has 0 saturated heterocycles. The van der Waals surface area contributed by atoms with Gasteiger partial charge in [0.2, 0.25) is 0 Å². The van der Waals surface area contributed by atoms with E-state index in [1.165, 1.54) is 18.3 Å². The smallest absolute Gasteiger partial charge is 0.265 e. The van der Waals surface area contributed by atoms with Crippen molar-refractivity contribution in [1.82, 2.24) is 4.98 Å². The first-order chi connectivity index (χ1) is 9.29. The van der Waals surface area contributed by atoms with Gasteiger partial charge in [-0.05, 0) is 40.2 Å². The van der Waals surface area contributed by atoms with Crippen LogP contribution in [-0.4, -0.2) is 13.4 Å². The van der Waals surface area contributed by atoms with E-state index in [1.807, 2.05) is 0 Å². The molecule has 1 heterocycles. The van der Waals surface area contributed by atoms with E-state index in [0.29, 0.717) is 5.02 Å². The van der Waals surface area contributed by atoms with Gasteiger partial charge < -0.3 is 5.73 Å². The number of nitrogens with zero attached hydrogens (tertiary/aromatic N) is 1. The molecule has 0 fully saturated rings. The fourth-order valence-electron chi connectivity index (χ4n) is 1.41. The third kappa shape index (κ3) is 3.20. The molecule has 2 aromatic rings. The Morgan fingerprint density at radius 1 is 1.35 bits per heavy atom. The van der Waals surface area contributed by atoms with Crippen molar-refractivity contribution in [2.45, 2.75) is 4.90 Å². The predicted octanol–water partition coefficient (Wildman–Crippen LogP) is 3.02. The highest BCUT2D eigenvalue weighted by atomic mass is 79.9. The van der Waals surface area contributed by atoms with Gasteiger partial charge in [0.05, 0.1) is 15.2 Å². The average molecular weight is 381 g/mol. The number of hydrogen-bond donors (Lipinski definition) is 2. The van der Waals surface area contributed by atoms with Crippen LogP contribution in [0.15, 0.2) is 39.8 Å². The minimum atomic E-state index is -3.97. The van der Waals surface area contributed by atoms with Gasteiger partial charge in [-0.3, -0.25) is 4.72 Å². The molecule has 0 aliphatic rings. The van der Waals surface area contributed by atoms with Crippen LogP contribution in [0.2, 0.25) is 5.02 Å². The van der Waals surface area contributed by atoms with E-state index in [-0.39, 0.29) is 20.9 Å². The summed E-state index contributed by atoms with van der Waals surface area (Å²) in [7, 11) is -3.97. The number of aromatic nitrogens is 1. The second-order valence-corrected chi connectivity index (χ2v) is 6.71. The molecule has 1 aromatic heterocycles. The van der Waals surface area contributed by atoms with Crippen molar-refractivity contribution >= 4 is 49.1 Å². The number of rotatable bonds is 3. The number of anilines is 2. The van der Waals surface area contributed by atoms with Crippen LogP contribution in [0, 0.1) is 5.82 Å². The van der Waals surface area contributed by atoms with Crippen molar-refractivity contribution in [3.63, 3.8) is 0 Å². The number of nitrogen functional groups attached to an aromatic ring is 1. The highest BCUT2D eigenvalue weighted by Gasteiger charge is 2.20. The number of nitrogens with two attached hydrogens (primary N) is 1. The van der Waals surface area contributed by atoms with Crippen LogP contribution in [0.25, 0.3) is 0 Å². The predicted molar refractivity (Wildman–Crippen MR) is 78.6 cm³/mol. The molecular formula is C11H8BrClFN3O2S. The summed E-state index contributed by atoms with van der Waals surface area (Å²) in [4.78, 5) is 3.56. The Morgan fingerprint density at radius 2 is 2.05 bits per heavy atom. The summed E-state index contributed by atoms with van der Waals surface area (Å²) in [6.07, 6.45) is 1.29. The SMILES string of the molecule is Nc1cc(F)c(Br)cc1S(=O)(=O)Nc1ccc(Cl)cn1.